The van der Waals surface area contributed by atoms with Gasteiger partial charge >= 0.3 is 0 Å². The van der Waals surface area contributed by atoms with Crippen molar-refractivity contribution in [3.8, 4) is 0 Å². The van der Waals surface area contributed by atoms with E-state index in [4.69, 9.17) is 0 Å². The van der Waals surface area contributed by atoms with E-state index in [0.29, 0.717) is 17.2 Å². The van der Waals surface area contributed by atoms with E-state index in [1.807, 2.05) is 19.1 Å². The number of hydrogen-bond acceptors (Lipinski definition) is 1. The zero-order valence-corrected chi connectivity index (χ0v) is 13.0. The molecule has 0 bridgehead atoms. The van der Waals surface area contributed by atoms with Crippen molar-refractivity contribution in [1.29, 1.82) is 0 Å². The minimum Gasteiger partial charge on any atom is -0.326 e. The van der Waals surface area contributed by atoms with Crippen LogP contribution in [0.15, 0.2) is 24.3 Å². The Morgan fingerprint density at radius 3 is 2.39 bits per heavy atom. The molecule has 0 aliphatic carbocycles. The fourth-order valence-electron chi connectivity index (χ4n) is 1.82. The lowest BCUT2D eigenvalue weighted by atomic mass is 10.0. The highest BCUT2D eigenvalue weighted by Crippen LogP contribution is 2.19. The van der Waals surface area contributed by atoms with Crippen LogP contribution in [-0.4, -0.2) is 10.7 Å². The van der Waals surface area contributed by atoms with Gasteiger partial charge in [0.2, 0.25) is 5.91 Å². The summed E-state index contributed by atoms with van der Waals surface area (Å²) in [5.74, 6) is 0.762. The molecule has 18 heavy (non-hydrogen) atoms. The lowest BCUT2D eigenvalue weighted by Gasteiger charge is -2.12. The van der Waals surface area contributed by atoms with Crippen LogP contribution in [0.4, 0.5) is 5.69 Å². The fourth-order valence-corrected chi connectivity index (χ4v) is 2.95. The number of halogens is 1. The molecule has 1 amide bonds. The van der Waals surface area contributed by atoms with Crippen molar-refractivity contribution in [3.63, 3.8) is 0 Å². The van der Waals surface area contributed by atoms with Gasteiger partial charge in [-0.05, 0) is 36.5 Å². The lowest BCUT2D eigenvalue weighted by molar-refractivity contribution is -0.115. The van der Waals surface area contributed by atoms with Crippen LogP contribution in [0.1, 0.15) is 39.2 Å². The third-order valence-corrected chi connectivity index (χ3v) is 3.44. The molecular formula is C15H22BrNO. The fraction of sp³-hybridized carbons (Fsp3) is 0.533. The number of carbonyl (C=O) groups is 1. The van der Waals surface area contributed by atoms with Gasteiger partial charge in [-0.2, -0.15) is 0 Å². The van der Waals surface area contributed by atoms with Crippen LogP contribution in [0.25, 0.3) is 0 Å². The van der Waals surface area contributed by atoms with E-state index in [2.05, 4.69) is 47.2 Å². The Hall–Kier alpha value is -0.830. The predicted octanol–water partition coefficient (Wildman–Crippen LogP) is 4.39. The molecule has 0 saturated heterocycles. The topological polar surface area (TPSA) is 29.1 Å². The maximum Gasteiger partial charge on any atom is 0.224 e. The summed E-state index contributed by atoms with van der Waals surface area (Å²) >= 11 is 3.72. The Morgan fingerprint density at radius 1 is 1.28 bits per heavy atom. The van der Waals surface area contributed by atoms with Gasteiger partial charge < -0.3 is 5.32 Å². The molecule has 0 radical (unpaired) electrons. The molecule has 2 nitrogen and oxygen atoms in total. The first-order valence-electron chi connectivity index (χ1n) is 6.54. The second kappa shape index (κ2) is 7.57. The van der Waals surface area contributed by atoms with E-state index in [9.17, 15) is 4.79 Å². The molecule has 0 fully saturated rings. The minimum absolute atomic E-state index is 0.0564. The van der Waals surface area contributed by atoms with Crippen molar-refractivity contribution in [1.82, 2.24) is 0 Å². The Balaban J connectivity index is 2.52. The maximum absolute atomic E-state index is 11.2. The average molecular weight is 312 g/mol. The molecule has 3 heteroatoms. The van der Waals surface area contributed by atoms with Crippen molar-refractivity contribution in [2.24, 2.45) is 5.92 Å². The molecule has 0 heterocycles. The van der Waals surface area contributed by atoms with Crippen molar-refractivity contribution in [3.05, 3.63) is 29.8 Å². The summed E-state index contributed by atoms with van der Waals surface area (Å²) in [5, 5.41) is 2.85. The molecule has 1 unspecified atom stereocenters. The van der Waals surface area contributed by atoms with Crippen molar-refractivity contribution >= 4 is 27.5 Å². The molecule has 1 atom stereocenters. The third kappa shape index (κ3) is 5.67. The molecule has 0 spiro atoms. The van der Waals surface area contributed by atoms with Crippen LogP contribution >= 0.6 is 15.9 Å². The van der Waals surface area contributed by atoms with Gasteiger partial charge in [0.05, 0.1) is 0 Å². The summed E-state index contributed by atoms with van der Waals surface area (Å²) in [7, 11) is 0. The van der Waals surface area contributed by atoms with Crippen molar-refractivity contribution in [2.75, 3.05) is 5.32 Å². The number of hydrogen-bond donors (Lipinski definition) is 1. The quantitative estimate of drug-likeness (QED) is 0.776. The highest BCUT2D eigenvalue weighted by Gasteiger charge is 2.08. The SMILES string of the molecule is CCC(=O)Nc1ccc(CC(Br)CC(C)C)cc1. The first-order chi connectivity index (χ1) is 8.51. The number of anilines is 1. The van der Waals surface area contributed by atoms with Gasteiger partial charge in [0.25, 0.3) is 0 Å². The van der Waals surface area contributed by atoms with Crippen LogP contribution in [0.5, 0.6) is 0 Å². The number of benzene rings is 1. The van der Waals surface area contributed by atoms with Crippen LogP contribution in [0, 0.1) is 5.92 Å². The summed E-state index contributed by atoms with van der Waals surface area (Å²) < 4.78 is 0. The largest absolute Gasteiger partial charge is 0.326 e. The zero-order valence-electron chi connectivity index (χ0n) is 11.4. The molecule has 0 aromatic heterocycles. The Bertz CT molecular complexity index is 373. The van der Waals surface area contributed by atoms with Crippen molar-refractivity contribution < 1.29 is 4.79 Å². The van der Waals surface area contributed by atoms with Gasteiger partial charge in [-0.1, -0.05) is 48.8 Å². The number of nitrogens with one attached hydrogen (secondary N) is 1. The number of amides is 1. The monoisotopic (exact) mass is 311 g/mol. The Kier molecular flexibility index (Phi) is 6.41. The van der Waals surface area contributed by atoms with Gasteiger partial charge in [-0.3, -0.25) is 4.79 Å². The molecule has 1 aromatic carbocycles. The number of rotatable bonds is 6. The van der Waals surface area contributed by atoms with E-state index >= 15 is 0 Å². The van der Waals surface area contributed by atoms with Crippen LogP contribution < -0.4 is 5.32 Å². The molecule has 0 aliphatic rings. The number of alkyl halides is 1. The standard InChI is InChI=1S/C15H22BrNO/c1-4-15(18)17-14-7-5-12(6-8-14)10-13(16)9-11(2)3/h5-8,11,13H,4,9-10H2,1-3H3,(H,17,18). The summed E-state index contributed by atoms with van der Waals surface area (Å²) in [4.78, 5) is 11.8. The van der Waals surface area contributed by atoms with Crippen LogP contribution in [0.2, 0.25) is 0 Å². The van der Waals surface area contributed by atoms with E-state index in [1.54, 1.807) is 0 Å². The lowest BCUT2D eigenvalue weighted by Crippen LogP contribution is -2.10. The first-order valence-corrected chi connectivity index (χ1v) is 7.45. The smallest absolute Gasteiger partial charge is 0.224 e. The van der Waals surface area contributed by atoms with E-state index < -0.39 is 0 Å². The second-order valence-corrected chi connectivity index (χ2v) is 6.32. The zero-order chi connectivity index (χ0) is 13.5. The minimum atomic E-state index is 0.0564. The molecule has 100 valence electrons. The van der Waals surface area contributed by atoms with Gasteiger partial charge in [-0.15, -0.1) is 0 Å². The molecule has 0 aliphatic heterocycles. The average Bonchev–Trinajstić information content (AvgIpc) is 2.30. The first kappa shape index (κ1) is 15.2. The summed E-state index contributed by atoms with van der Waals surface area (Å²) in [6, 6.07) is 8.11. The van der Waals surface area contributed by atoms with Crippen molar-refractivity contribution in [2.45, 2.75) is 44.9 Å². The maximum atomic E-state index is 11.2. The number of carbonyl (C=O) groups excluding carboxylic acids is 1. The Labute approximate surface area is 118 Å². The normalized spacial score (nSPS) is 12.5. The van der Waals surface area contributed by atoms with E-state index in [-0.39, 0.29) is 5.91 Å². The highest BCUT2D eigenvalue weighted by atomic mass is 79.9. The molecular weight excluding hydrogens is 290 g/mol. The van der Waals surface area contributed by atoms with Gasteiger partial charge in [0.15, 0.2) is 0 Å². The van der Waals surface area contributed by atoms with E-state index in [1.165, 1.54) is 12.0 Å². The molecule has 1 rings (SSSR count). The van der Waals surface area contributed by atoms with Crippen LogP contribution in [-0.2, 0) is 11.2 Å². The van der Waals surface area contributed by atoms with Gasteiger partial charge in [-0.25, -0.2) is 0 Å². The predicted molar refractivity (Wildman–Crippen MR) is 81.2 cm³/mol. The van der Waals surface area contributed by atoms with Gasteiger partial charge in [0.1, 0.15) is 0 Å². The van der Waals surface area contributed by atoms with Crippen LogP contribution in [0.3, 0.4) is 0 Å². The Morgan fingerprint density at radius 2 is 1.89 bits per heavy atom. The van der Waals surface area contributed by atoms with Gasteiger partial charge in [0, 0.05) is 16.9 Å². The highest BCUT2D eigenvalue weighted by molar-refractivity contribution is 9.09. The third-order valence-electron chi connectivity index (χ3n) is 2.74. The summed E-state index contributed by atoms with van der Waals surface area (Å²) in [5.41, 5.74) is 2.17. The summed E-state index contributed by atoms with van der Waals surface area (Å²) in [6.45, 7) is 6.32. The van der Waals surface area contributed by atoms with E-state index in [0.717, 1.165) is 12.1 Å². The molecule has 0 saturated carbocycles. The molecule has 1 aromatic rings. The molecule has 1 N–H and O–H groups in total. The second-order valence-electron chi connectivity index (χ2n) is 5.03. The summed E-state index contributed by atoms with van der Waals surface area (Å²) in [6.07, 6.45) is 2.72.